The second-order valence-corrected chi connectivity index (χ2v) is 6.93. The molecule has 26 heavy (non-hydrogen) atoms. The third-order valence-electron chi connectivity index (χ3n) is 5.27. The Bertz CT molecular complexity index is 973. The van der Waals surface area contributed by atoms with Crippen LogP contribution in [0, 0.1) is 17.2 Å². The van der Waals surface area contributed by atoms with E-state index in [-0.39, 0.29) is 17.7 Å². The Kier molecular flexibility index (Phi) is 3.64. The lowest BCUT2D eigenvalue weighted by Crippen LogP contribution is -2.38. The van der Waals surface area contributed by atoms with E-state index in [9.17, 15) is 23.9 Å². The molecule has 2 saturated carbocycles. The van der Waals surface area contributed by atoms with Crippen molar-refractivity contribution >= 4 is 11.9 Å². The van der Waals surface area contributed by atoms with Crippen LogP contribution in [0.25, 0.3) is 5.69 Å². The zero-order valence-electron chi connectivity index (χ0n) is 13.7. The molecule has 0 unspecified atom stereocenters. The van der Waals surface area contributed by atoms with Crippen LogP contribution in [0.2, 0.25) is 0 Å². The van der Waals surface area contributed by atoms with Gasteiger partial charge in [-0.1, -0.05) is 6.07 Å². The predicted octanol–water partition coefficient (Wildman–Crippen LogP) is 1.35. The average Bonchev–Trinajstić information content (AvgIpc) is 3.18. The number of carbonyl (C=O) groups is 2. The van der Waals surface area contributed by atoms with E-state index >= 15 is 0 Å². The van der Waals surface area contributed by atoms with E-state index in [1.807, 2.05) is 0 Å². The number of carboxylic acid groups (broad SMARTS) is 1. The normalized spacial score (nSPS) is 26.2. The van der Waals surface area contributed by atoms with Gasteiger partial charge in [-0.15, -0.1) is 0 Å². The summed E-state index contributed by atoms with van der Waals surface area (Å²) in [6, 6.07) is 6.52. The van der Waals surface area contributed by atoms with Gasteiger partial charge in [-0.2, -0.15) is 5.10 Å². The number of aromatic nitrogens is 2. The summed E-state index contributed by atoms with van der Waals surface area (Å²) in [6.45, 7) is 0. The number of benzene rings is 1. The lowest BCUT2D eigenvalue weighted by Gasteiger charge is -2.15. The highest BCUT2D eigenvalue weighted by molar-refractivity contribution is 5.92. The Labute approximate surface area is 147 Å². The van der Waals surface area contributed by atoms with Gasteiger partial charge >= 0.3 is 5.97 Å². The summed E-state index contributed by atoms with van der Waals surface area (Å²) in [4.78, 5) is 35.8. The second-order valence-electron chi connectivity index (χ2n) is 6.93. The number of nitrogens with one attached hydrogen (secondary N) is 1. The molecule has 1 aromatic carbocycles. The average molecular weight is 357 g/mol. The molecule has 0 bridgehead atoms. The van der Waals surface area contributed by atoms with Crippen molar-refractivity contribution in [3.05, 3.63) is 58.3 Å². The highest BCUT2D eigenvalue weighted by Crippen LogP contribution is 2.63. The highest BCUT2D eigenvalue weighted by atomic mass is 19.1. The minimum atomic E-state index is -0.828. The van der Waals surface area contributed by atoms with Crippen LogP contribution >= 0.6 is 0 Å². The minimum absolute atomic E-state index is 0.0815. The van der Waals surface area contributed by atoms with Crippen LogP contribution in [0.3, 0.4) is 0 Å². The molecule has 0 aliphatic heterocycles. The topological polar surface area (TPSA) is 101 Å². The Balaban J connectivity index is 1.54. The van der Waals surface area contributed by atoms with Crippen LogP contribution in [0.4, 0.5) is 4.39 Å². The van der Waals surface area contributed by atoms with Crippen molar-refractivity contribution in [3.8, 4) is 5.69 Å². The summed E-state index contributed by atoms with van der Waals surface area (Å²) in [5, 5.41) is 16.0. The Morgan fingerprint density at radius 3 is 2.81 bits per heavy atom. The van der Waals surface area contributed by atoms with Crippen LogP contribution in [0.15, 0.2) is 41.3 Å². The number of amides is 1. The maximum Gasteiger partial charge on any atom is 0.310 e. The number of nitrogens with zero attached hydrogens (tertiary/aromatic N) is 2. The second kappa shape index (κ2) is 5.76. The number of halogens is 1. The summed E-state index contributed by atoms with van der Waals surface area (Å²) in [6.07, 6.45) is 2.95. The van der Waals surface area contributed by atoms with Gasteiger partial charge in [-0.05, 0) is 43.4 Å². The lowest BCUT2D eigenvalue weighted by molar-refractivity contribution is -0.143. The Morgan fingerprint density at radius 2 is 2.12 bits per heavy atom. The fourth-order valence-corrected chi connectivity index (χ4v) is 3.85. The number of hydrogen-bond acceptors (Lipinski definition) is 4. The van der Waals surface area contributed by atoms with Crippen molar-refractivity contribution in [1.82, 2.24) is 15.1 Å². The van der Waals surface area contributed by atoms with Crippen LogP contribution < -0.4 is 10.7 Å². The molecular formula is C18H16FN3O4. The van der Waals surface area contributed by atoms with Crippen molar-refractivity contribution in [3.63, 3.8) is 0 Å². The van der Waals surface area contributed by atoms with E-state index in [2.05, 4.69) is 10.4 Å². The van der Waals surface area contributed by atoms with Crippen LogP contribution in [0.1, 0.15) is 29.8 Å². The maximum atomic E-state index is 13.4. The first-order valence-corrected chi connectivity index (χ1v) is 8.29. The molecule has 4 rings (SSSR count). The fraction of sp³-hybridized carbons (Fsp3) is 0.333. The van der Waals surface area contributed by atoms with E-state index in [0.717, 1.165) is 0 Å². The fourth-order valence-electron chi connectivity index (χ4n) is 3.85. The first-order valence-electron chi connectivity index (χ1n) is 8.29. The molecule has 134 valence electrons. The molecule has 8 heteroatoms. The molecule has 2 aliphatic rings. The molecule has 2 aliphatic carbocycles. The van der Waals surface area contributed by atoms with Crippen LogP contribution in [-0.2, 0) is 4.79 Å². The monoisotopic (exact) mass is 357 g/mol. The molecule has 0 saturated heterocycles. The van der Waals surface area contributed by atoms with E-state index in [0.29, 0.717) is 24.9 Å². The van der Waals surface area contributed by atoms with E-state index in [1.165, 1.54) is 35.1 Å². The number of carboxylic acids is 1. The quantitative estimate of drug-likeness (QED) is 0.860. The molecule has 1 aromatic heterocycles. The number of hydrogen-bond donors (Lipinski definition) is 2. The van der Waals surface area contributed by atoms with Gasteiger partial charge in [0.1, 0.15) is 5.82 Å². The third kappa shape index (κ3) is 2.67. The van der Waals surface area contributed by atoms with Crippen molar-refractivity contribution in [1.29, 1.82) is 0 Å². The number of carbonyl (C=O) groups excluding carboxylic acids is 1. The predicted molar refractivity (Wildman–Crippen MR) is 88.5 cm³/mol. The van der Waals surface area contributed by atoms with Gasteiger partial charge < -0.3 is 10.4 Å². The van der Waals surface area contributed by atoms with E-state index in [1.54, 1.807) is 6.07 Å². The third-order valence-corrected chi connectivity index (χ3v) is 5.27. The number of rotatable bonds is 4. The first-order chi connectivity index (χ1) is 12.4. The van der Waals surface area contributed by atoms with Crippen molar-refractivity contribution < 1.29 is 19.1 Å². The molecule has 1 amide bonds. The summed E-state index contributed by atoms with van der Waals surface area (Å²) in [5.41, 5.74) is -1.19. The maximum absolute atomic E-state index is 13.4. The Hall–Kier alpha value is -3.03. The number of aliphatic carboxylic acids is 1. The molecule has 0 radical (unpaired) electrons. The highest BCUT2D eigenvalue weighted by Gasteiger charge is 2.65. The molecule has 2 aromatic rings. The first kappa shape index (κ1) is 16.4. The lowest BCUT2D eigenvalue weighted by atomic mass is 10.0. The van der Waals surface area contributed by atoms with Gasteiger partial charge in [0.25, 0.3) is 5.91 Å². The Morgan fingerprint density at radius 1 is 1.31 bits per heavy atom. The zero-order chi connectivity index (χ0) is 18.5. The zero-order valence-corrected chi connectivity index (χ0v) is 13.7. The standard InChI is InChI=1S/C18H16FN3O4/c19-11-2-1-3-13(7-11)22-5-4-14(23)15(21-22)16(24)20-12-6-10-8-18(10,9-12)17(25)26/h1-5,7,10,12H,6,8-9H2,(H,20,24)(H,25,26)/t10-,12+,18+/m1/s1. The van der Waals surface area contributed by atoms with Gasteiger partial charge in [0.15, 0.2) is 5.69 Å². The van der Waals surface area contributed by atoms with Crippen LogP contribution in [0.5, 0.6) is 0 Å². The molecule has 2 fully saturated rings. The summed E-state index contributed by atoms with van der Waals surface area (Å²) in [7, 11) is 0. The molecule has 0 spiro atoms. The molecule has 7 nitrogen and oxygen atoms in total. The van der Waals surface area contributed by atoms with Crippen molar-refractivity contribution in [2.75, 3.05) is 0 Å². The number of fused-ring (bicyclic) bond motifs is 1. The van der Waals surface area contributed by atoms with Gasteiger partial charge in [-0.25, -0.2) is 9.07 Å². The van der Waals surface area contributed by atoms with Gasteiger partial charge in [0.05, 0.1) is 11.1 Å². The van der Waals surface area contributed by atoms with Crippen LogP contribution in [-0.4, -0.2) is 32.8 Å². The van der Waals surface area contributed by atoms with Crippen molar-refractivity contribution in [2.45, 2.75) is 25.3 Å². The summed E-state index contributed by atoms with van der Waals surface area (Å²) in [5.74, 6) is -1.85. The molecule has 3 atom stereocenters. The van der Waals surface area contributed by atoms with Gasteiger partial charge in [-0.3, -0.25) is 14.4 Å². The molecular weight excluding hydrogens is 341 g/mol. The van der Waals surface area contributed by atoms with Gasteiger partial charge in [0, 0.05) is 18.3 Å². The summed E-state index contributed by atoms with van der Waals surface area (Å²) >= 11 is 0. The van der Waals surface area contributed by atoms with E-state index in [4.69, 9.17) is 0 Å². The summed E-state index contributed by atoms with van der Waals surface area (Å²) < 4.78 is 14.6. The largest absolute Gasteiger partial charge is 0.481 e. The molecule has 1 heterocycles. The smallest absolute Gasteiger partial charge is 0.310 e. The minimum Gasteiger partial charge on any atom is -0.481 e. The SMILES string of the molecule is O=C(N[C@H]1C[C@@H]2C[C@]2(C(=O)O)C1)c1nn(-c2cccc(F)c2)ccc1=O. The van der Waals surface area contributed by atoms with Gasteiger partial charge in [0.2, 0.25) is 5.43 Å². The van der Waals surface area contributed by atoms with Crippen molar-refractivity contribution in [2.24, 2.45) is 11.3 Å². The van der Waals surface area contributed by atoms with E-state index < -0.39 is 28.5 Å². The molecule has 2 N–H and O–H groups in total.